The maximum absolute atomic E-state index is 12.4. The molecule has 1 aromatic rings. The van der Waals surface area contributed by atoms with Gasteiger partial charge < -0.3 is 31.7 Å². The van der Waals surface area contributed by atoms with Crippen LogP contribution in [0, 0.1) is 5.92 Å². The summed E-state index contributed by atoms with van der Waals surface area (Å²) in [5.41, 5.74) is 2.27. The minimum absolute atomic E-state index is 0. The van der Waals surface area contributed by atoms with E-state index >= 15 is 0 Å². The van der Waals surface area contributed by atoms with E-state index in [-0.39, 0.29) is 35.3 Å². The predicted molar refractivity (Wildman–Crippen MR) is 141 cm³/mol. The molecule has 0 unspecified atom stereocenters. The van der Waals surface area contributed by atoms with Gasteiger partial charge in [-0.3, -0.25) is 10.1 Å². The van der Waals surface area contributed by atoms with Gasteiger partial charge in [-0.2, -0.15) is 0 Å². The Balaban J connectivity index is 0.00000380. The highest BCUT2D eigenvalue weighted by molar-refractivity contribution is 7.95. The highest BCUT2D eigenvalue weighted by Gasteiger charge is 2.69. The monoisotopic (exact) mass is 573 g/mol. The topological polar surface area (TPSA) is 97.4 Å². The molecule has 1 aromatic carbocycles. The molecule has 3 aliphatic rings. The maximum Gasteiger partial charge on any atom is 0.414 e. The van der Waals surface area contributed by atoms with Crippen molar-refractivity contribution in [3.8, 4) is 0 Å². The summed E-state index contributed by atoms with van der Waals surface area (Å²) in [6.45, 7) is 6.14. The smallest absolute Gasteiger partial charge is 0.414 e. The number of carbonyl (C=O) groups excluding carboxylic acids is 2. The van der Waals surface area contributed by atoms with Crippen LogP contribution >= 0.6 is 11.6 Å². The lowest BCUT2D eigenvalue weighted by molar-refractivity contribution is -0.170. The molecule has 4 rings (SSSR count). The lowest BCUT2D eigenvalue weighted by Crippen LogP contribution is -3.00. The van der Waals surface area contributed by atoms with Crippen molar-refractivity contribution in [3.63, 3.8) is 0 Å². The number of ether oxygens (including phenoxy) is 3. The molecule has 2 fully saturated rings. The molecule has 0 spiro atoms. The molecular weight excluding hydrogens is 537 g/mol. The van der Waals surface area contributed by atoms with Crippen molar-refractivity contribution in [3.05, 3.63) is 47.0 Å². The number of alkyl carbamates (subject to hydrolysis) is 1. The standard InChI is InChI=1S/C27H36ClNO6S.ClH/c1-17(2)9-10-21-26(3,35-21)24-23(33-4)20(34-25(31)29-22(30)13-28)11-12-27(24,32)16-36-14-18-7-5-6-8-19(18)15-36;/h5-9,20-21,23-24,32H,10-16H2,1-4H3;1H/t20-,21-,23-,24-,26-,27+;/m1./s1. The van der Waals surface area contributed by atoms with Crippen molar-refractivity contribution in [2.24, 2.45) is 5.92 Å². The van der Waals surface area contributed by atoms with E-state index < -0.39 is 41.3 Å². The largest absolute Gasteiger partial charge is 1.00 e. The first-order valence-electron chi connectivity index (χ1n) is 12.4. The SMILES string of the molecule is CO[C@@H]1[C@H](OC(=O)NC(=O)CCl)CC[C@](O)(C[S+]2Cc3ccccc3C2)[C@H]1[C@]1(C)O[C@@H]1CC=C(C)C.[Cl-]. The van der Waals surface area contributed by atoms with E-state index in [0.29, 0.717) is 18.6 Å². The van der Waals surface area contributed by atoms with E-state index in [1.165, 1.54) is 16.7 Å². The number of rotatable bonds is 8. The summed E-state index contributed by atoms with van der Waals surface area (Å²) in [5.74, 6) is 1.20. The van der Waals surface area contributed by atoms with Gasteiger partial charge in [0.1, 0.15) is 46.5 Å². The van der Waals surface area contributed by atoms with Gasteiger partial charge in [0.2, 0.25) is 5.91 Å². The number of epoxide rings is 1. The molecular formula is C27H37Cl2NO6S. The fraction of sp³-hybridized carbons (Fsp3) is 0.630. The number of fused-ring (bicyclic) bond motifs is 1. The molecule has 10 heteroatoms. The number of aliphatic hydroxyl groups is 1. The van der Waals surface area contributed by atoms with Crippen LogP contribution in [0.2, 0.25) is 0 Å². The number of methoxy groups -OCH3 is 1. The number of imide groups is 1. The van der Waals surface area contributed by atoms with Gasteiger partial charge >= 0.3 is 6.09 Å². The average Bonchev–Trinajstić information content (AvgIpc) is 3.31. The van der Waals surface area contributed by atoms with Crippen molar-refractivity contribution in [2.75, 3.05) is 18.7 Å². The Bertz CT molecular complexity index is 995. The van der Waals surface area contributed by atoms with Crippen LogP contribution in [0.15, 0.2) is 35.9 Å². The van der Waals surface area contributed by atoms with Crippen LogP contribution in [-0.4, -0.2) is 65.4 Å². The van der Waals surface area contributed by atoms with Crippen LogP contribution in [0.5, 0.6) is 0 Å². The first-order chi connectivity index (χ1) is 17.1. The molecule has 6 atom stereocenters. The van der Waals surface area contributed by atoms with Crippen LogP contribution in [-0.2, 0) is 41.4 Å². The maximum atomic E-state index is 12.4. The number of carbonyl (C=O) groups is 2. The Kier molecular flexibility index (Phi) is 10.0. The van der Waals surface area contributed by atoms with E-state index in [0.717, 1.165) is 17.9 Å². The van der Waals surface area contributed by atoms with Crippen LogP contribution in [0.4, 0.5) is 4.79 Å². The minimum Gasteiger partial charge on any atom is -1.00 e. The lowest BCUT2D eigenvalue weighted by Gasteiger charge is -2.48. The first kappa shape index (κ1) is 30.3. The normalized spacial score (nSPS) is 32.6. The second-order valence-corrected chi connectivity index (χ2v) is 12.9. The number of amides is 2. The molecule has 0 radical (unpaired) electrons. The van der Waals surface area contributed by atoms with Gasteiger partial charge in [-0.25, -0.2) is 4.79 Å². The molecule has 7 nitrogen and oxygen atoms in total. The Morgan fingerprint density at radius 3 is 2.49 bits per heavy atom. The summed E-state index contributed by atoms with van der Waals surface area (Å²) in [4.78, 5) is 23.9. The molecule has 1 aliphatic carbocycles. The van der Waals surface area contributed by atoms with Crippen LogP contribution in [0.3, 0.4) is 0 Å². The van der Waals surface area contributed by atoms with Gasteiger partial charge in [-0.05, 0) is 50.9 Å². The molecule has 206 valence electrons. The molecule has 1 saturated heterocycles. The number of hydrogen-bond donors (Lipinski definition) is 2. The fourth-order valence-corrected chi connectivity index (χ4v) is 8.79. The molecule has 2 aliphatic heterocycles. The zero-order valence-corrected chi connectivity index (χ0v) is 24.1. The third-order valence-electron chi connectivity index (χ3n) is 7.66. The van der Waals surface area contributed by atoms with E-state index in [9.17, 15) is 14.7 Å². The highest BCUT2D eigenvalue weighted by atomic mass is 35.5. The third kappa shape index (κ3) is 6.65. The Hall–Kier alpha value is -1.29. The second kappa shape index (κ2) is 12.3. The third-order valence-corrected chi connectivity index (χ3v) is 10.2. The zero-order valence-electron chi connectivity index (χ0n) is 21.8. The predicted octanol–water partition coefficient (Wildman–Crippen LogP) is 0.853. The van der Waals surface area contributed by atoms with Gasteiger partial charge in [0.15, 0.2) is 0 Å². The molecule has 2 N–H and O–H groups in total. The highest BCUT2D eigenvalue weighted by Crippen LogP contribution is 2.55. The quantitative estimate of drug-likeness (QED) is 0.207. The van der Waals surface area contributed by atoms with E-state index in [1.54, 1.807) is 7.11 Å². The molecule has 0 aromatic heterocycles. The molecule has 1 saturated carbocycles. The summed E-state index contributed by atoms with van der Waals surface area (Å²) in [5, 5.41) is 14.4. The Morgan fingerprint density at radius 2 is 1.92 bits per heavy atom. The second-order valence-electron chi connectivity index (χ2n) is 10.6. The van der Waals surface area contributed by atoms with Gasteiger partial charge in [-0.15, -0.1) is 11.6 Å². The molecule has 0 bridgehead atoms. The average molecular weight is 575 g/mol. The number of allylic oxidation sites excluding steroid dienone is 1. The van der Waals surface area contributed by atoms with E-state index in [2.05, 4.69) is 49.5 Å². The van der Waals surface area contributed by atoms with Crippen molar-refractivity contribution in [2.45, 2.75) is 81.1 Å². The van der Waals surface area contributed by atoms with Crippen molar-refractivity contribution < 1.29 is 41.3 Å². The van der Waals surface area contributed by atoms with E-state index in [1.807, 2.05) is 6.92 Å². The van der Waals surface area contributed by atoms with Gasteiger partial charge in [0, 0.05) is 18.2 Å². The van der Waals surface area contributed by atoms with Gasteiger partial charge in [-0.1, -0.05) is 35.9 Å². The number of benzene rings is 1. The van der Waals surface area contributed by atoms with Crippen LogP contribution < -0.4 is 17.7 Å². The van der Waals surface area contributed by atoms with Crippen molar-refractivity contribution in [1.82, 2.24) is 5.32 Å². The Labute approximate surface area is 233 Å². The first-order valence-corrected chi connectivity index (χ1v) is 14.7. The molecule has 2 amide bonds. The van der Waals surface area contributed by atoms with Crippen LogP contribution in [0.25, 0.3) is 0 Å². The molecule has 37 heavy (non-hydrogen) atoms. The van der Waals surface area contributed by atoms with Crippen molar-refractivity contribution >= 4 is 34.5 Å². The summed E-state index contributed by atoms with van der Waals surface area (Å²) >= 11 is 5.51. The van der Waals surface area contributed by atoms with Gasteiger partial charge in [0.25, 0.3) is 0 Å². The number of halogens is 2. The summed E-state index contributed by atoms with van der Waals surface area (Å²) in [6.07, 6.45) is 1.64. The fourth-order valence-electron chi connectivity index (χ4n) is 5.94. The summed E-state index contributed by atoms with van der Waals surface area (Å²) in [7, 11) is 1.56. The number of alkyl halides is 1. The summed E-state index contributed by atoms with van der Waals surface area (Å²) in [6, 6.07) is 8.49. The lowest BCUT2D eigenvalue weighted by atomic mass is 9.66. The van der Waals surface area contributed by atoms with Crippen LogP contribution in [0.1, 0.15) is 51.2 Å². The number of hydrogen-bond acceptors (Lipinski definition) is 6. The van der Waals surface area contributed by atoms with Crippen molar-refractivity contribution in [1.29, 1.82) is 0 Å². The molecule has 2 heterocycles. The minimum atomic E-state index is -1.04. The number of nitrogens with one attached hydrogen (secondary N) is 1. The Morgan fingerprint density at radius 1 is 1.27 bits per heavy atom. The van der Waals surface area contributed by atoms with Gasteiger partial charge in [0.05, 0.1) is 12.0 Å². The zero-order chi connectivity index (χ0) is 26.1. The summed E-state index contributed by atoms with van der Waals surface area (Å²) < 4.78 is 17.9. The van der Waals surface area contributed by atoms with E-state index in [4.69, 9.17) is 25.8 Å².